The second kappa shape index (κ2) is 73.9. The fraction of sp³-hybridized carbons (Fsp3) is 0.348. The SMILES string of the molecule is Cc1[c-]cc(C)c(CCCCCCc2ccncc2)c1.Cc1cc(C(=O)[O-])c(C)c2[nH]cnc12.Cc1ccc(C)c(C(=O)[O-])c1.Cc1ccc(C)c(C(=O)[O-])c1.Cc1ccc(C)c(C(=O)[O-])c1.Cc1nc(C(=O)[O-])c(C)[nH]1.O=C=O.O=C=O.[CH2-]CCCCCC1(CCCCCCC(=O)[O-])c2cc(C)ccc2-c2ccc(C)cc21.[Cs+].[Cs+].[Cs+].[Cs+].[Cs+].[K+].[Li+].[Na+]. The Labute approximate surface area is 1090 Å². The zero-order chi connectivity index (χ0) is 84.5. The van der Waals surface area contributed by atoms with Crippen LogP contribution < -0.4 is 475 Å². The molecule has 0 saturated carbocycles. The number of carbonyl (C=O) groups is 6. The van der Waals surface area contributed by atoms with E-state index in [0.29, 0.717) is 17.1 Å². The number of fused-ring (bicyclic) bond motifs is 4. The first-order valence-electron chi connectivity index (χ1n) is 37.4. The Bertz CT molecular complexity index is 4690. The van der Waals surface area contributed by atoms with Crippen LogP contribution in [0.3, 0.4) is 0 Å². The minimum atomic E-state index is -1.23. The molecule has 7 aromatic carbocycles. The predicted molar refractivity (Wildman–Crippen MR) is 421 cm³/mol. The first-order valence-corrected chi connectivity index (χ1v) is 37.4. The van der Waals surface area contributed by atoms with Crippen LogP contribution >= 0.6 is 0 Å². The summed E-state index contributed by atoms with van der Waals surface area (Å²) in [6.07, 6.45) is 24.5. The summed E-state index contributed by atoms with van der Waals surface area (Å²) < 4.78 is 0. The van der Waals surface area contributed by atoms with E-state index in [1.54, 1.807) is 90.3 Å². The normalized spacial score (nSPS) is 10.0. The first kappa shape index (κ1) is 133. The molecular formula is C92H103Cs5KLiN5NaO16. The molecule has 21 nitrogen and oxygen atoms in total. The van der Waals surface area contributed by atoms with E-state index in [2.05, 4.69) is 126 Å². The van der Waals surface area contributed by atoms with E-state index in [-0.39, 0.29) is 496 Å². The number of carboxylic acids is 6. The zero-order valence-electron chi connectivity index (χ0n) is 75.4. The molecule has 121 heavy (non-hydrogen) atoms. The van der Waals surface area contributed by atoms with Crippen LogP contribution in [0, 0.1) is 110 Å². The number of aliphatic carboxylic acids is 1. The van der Waals surface area contributed by atoms with Crippen LogP contribution in [0.4, 0.5) is 0 Å². The van der Waals surface area contributed by atoms with Crippen molar-refractivity contribution in [1.82, 2.24) is 24.9 Å². The predicted octanol–water partition coefficient (Wildman–Crippen LogP) is -11.9. The second-order valence-electron chi connectivity index (χ2n) is 28.1. The number of nitrogens with one attached hydrogen (secondary N) is 2. The summed E-state index contributed by atoms with van der Waals surface area (Å²) in [4.78, 5) is 113. The summed E-state index contributed by atoms with van der Waals surface area (Å²) in [5.41, 5.74) is 23.9. The number of aromatic nitrogens is 5. The van der Waals surface area contributed by atoms with E-state index in [1.165, 1.54) is 120 Å². The summed E-state index contributed by atoms with van der Waals surface area (Å²) in [5, 5.41) is 63.1. The number of pyridine rings is 1. The zero-order valence-corrected chi connectivity index (χ0v) is 112. The van der Waals surface area contributed by atoms with Gasteiger partial charge in [-0.25, -0.2) is 9.97 Å². The molecule has 1 aliphatic rings. The summed E-state index contributed by atoms with van der Waals surface area (Å²) in [7, 11) is 0. The number of hydrogen-bond acceptors (Lipinski definition) is 19. The number of carboxylic acid groups (broad SMARTS) is 6. The number of H-pyrrole nitrogens is 2. The molecule has 0 radical (unpaired) electrons. The summed E-state index contributed by atoms with van der Waals surface area (Å²) >= 11 is 0. The van der Waals surface area contributed by atoms with Gasteiger partial charge in [0.05, 0.1) is 47.2 Å². The van der Waals surface area contributed by atoms with Crippen LogP contribution in [0.15, 0.2) is 140 Å². The third kappa shape index (κ3) is 49.3. The maximum Gasteiger partial charge on any atom is 1.00 e. The molecular weight excluding hydrogens is 2160 g/mol. The van der Waals surface area contributed by atoms with Gasteiger partial charge in [-0.2, -0.15) is 60.5 Å². The van der Waals surface area contributed by atoms with Gasteiger partial charge in [-0.1, -0.05) is 179 Å². The maximum atomic E-state index is 10.8. The fourth-order valence-electron chi connectivity index (χ4n) is 13.1. The van der Waals surface area contributed by atoms with Gasteiger partial charge in [0.25, 0.3) is 0 Å². The maximum absolute atomic E-state index is 10.8. The molecule has 2 N–H and O–H groups in total. The van der Waals surface area contributed by atoms with Crippen LogP contribution in [0.25, 0.3) is 22.2 Å². The van der Waals surface area contributed by atoms with E-state index in [0.717, 1.165) is 88.5 Å². The molecule has 10 aromatic rings. The largest absolute Gasteiger partial charge is 1.00 e. The van der Waals surface area contributed by atoms with E-state index in [4.69, 9.17) is 19.2 Å². The number of benzene rings is 7. The Kier molecular flexibility index (Phi) is 81.3. The molecule has 1 aliphatic carbocycles. The van der Waals surface area contributed by atoms with E-state index in [9.17, 15) is 59.4 Å². The van der Waals surface area contributed by atoms with E-state index < -0.39 is 35.8 Å². The average Bonchev–Trinajstić information content (AvgIpc) is 1.56. The van der Waals surface area contributed by atoms with Crippen molar-refractivity contribution in [2.75, 3.05) is 0 Å². The molecule has 600 valence electrons. The van der Waals surface area contributed by atoms with Gasteiger partial charge in [0.15, 0.2) is 0 Å². The van der Waals surface area contributed by atoms with E-state index >= 15 is 0 Å². The van der Waals surface area contributed by atoms with Gasteiger partial charge in [0.1, 0.15) is 11.5 Å². The summed E-state index contributed by atoms with van der Waals surface area (Å²) in [5.74, 6) is -6.04. The monoisotopic (exact) mass is 2270 g/mol. The van der Waals surface area contributed by atoms with Gasteiger partial charge in [0.2, 0.25) is 0 Å². The van der Waals surface area contributed by atoms with Crippen LogP contribution in [-0.4, -0.2) is 73.0 Å². The summed E-state index contributed by atoms with van der Waals surface area (Å²) in [6, 6.07) is 43.2. The number of rotatable bonds is 24. The Morgan fingerprint density at radius 2 is 0.860 bits per heavy atom. The molecule has 0 amide bonds. The van der Waals surface area contributed by atoms with E-state index in [1.807, 2.05) is 58.3 Å². The number of nitrogens with zero attached hydrogens (tertiary/aromatic N) is 3. The standard InChI is InChI=1S/C28H37O2.C19H24N.C10H10N2O2.3C9H10O2.C6H8N2O2.2CO2.5Cs.K.Li.Na/c1-4-5-6-10-17-28(18-11-8-7-9-12-27(29)30)25-19-21(2)13-15-23(25)24-16-14-22(3)20-26(24)28;1-16-9-10-17(2)19(15-16)8-6-4-3-5-7-18-11-13-20-14-12-18;1-5-3-7(10(13)14)6(2)9-8(5)11-4-12-9;3*1-6-3-4-7(2)8(5-6)9(10)11;1-3-5(6(9)10)8-4(2)7-3;2*2-1-3;;;;;;;;/h13-16,19-20H,1,4-12,17-18H2,2-3H3,(H,29,30);10-15H,3-8H2,1-2H3;3-4H,1-2H3,(H,11,12)(H,13,14);3*3-5H,1-2H3,(H,10,11);1-2H3,(H,7,8)(H,9,10);;;;;;;;;;/q2*-1;;;;;;;;8*+1/p-6. The van der Waals surface area contributed by atoms with Gasteiger partial charge < -0.3 is 76.3 Å². The Balaban J connectivity index is -0.000000323. The van der Waals surface area contributed by atoms with Crippen LogP contribution in [0.1, 0.15) is 249 Å². The third-order valence-corrected chi connectivity index (χ3v) is 19.0. The van der Waals surface area contributed by atoms with Crippen molar-refractivity contribution < 1.29 is 523 Å². The van der Waals surface area contributed by atoms with Crippen molar-refractivity contribution in [3.63, 3.8) is 0 Å². The van der Waals surface area contributed by atoms with Gasteiger partial charge in [-0.3, -0.25) is 4.98 Å². The van der Waals surface area contributed by atoms with Crippen molar-refractivity contribution in [1.29, 1.82) is 0 Å². The van der Waals surface area contributed by atoms with Gasteiger partial charge in [0, 0.05) is 51.7 Å². The molecule has 3 heterocycles. The number of carbonyl (C=O) groups excluding carboxylic acids is 10. The van der Waals surface area contributed by atoms with Crippen molar-refractivity contribution in [2.24, 2.45) is 0 Å². The number of aryl methyl sites for hydroxylation is 16. The minimum Gasteiger partial charge on any atom is -0.550 e. The molecule has 0 unspecified atom stereocenters. The van der Waals surface area contributed by atoms with Crippen molar-refractivity contribution in [3.8, 4) is 11.1 Å². The smallest absolute Gasteiger partial charge is 0.550 e. The first-order chi connectivity index (χ1) is 53.6. The van der Waals surface area contributed by atoms with Crippen molar-refractivity contribution in [2.45, 2.75) is 212 Å². The Morgan fingerprint density at radius 3 is 1.24 bits per heavy atom. The molecule has 29 heteroatoms. The second-order valence-corrected chi connectivity index (χ2v) is 28.1. The molecule has 11 rings (SSSR count). The van der Waals surface area contributed by atoms with Gasteiger partial charge >= 0.3 is 457 Å². The topological polar surface area (TPSA) is 379 Å². The van der Waals surface area contributed by atoms with Crippen LogP contribution in [0.5, 0.6) is 0 Å². The molecule has 0 aliphatic heterocycles. The third-order valence-electron chi connectivity index (χ3n) is 19.0. The number of imidazole rings is 2. The average molecular weight is 2270 g/mol. The number of aromatic amines is 2. The molecule has 0 bridgehead atoms. The minimum absolute atomic E-state index is 0. The summed E-state index contributed by atoms with van der Waals surface area (Å²) in [6.45, 7) is 30.4. The van der Waals surface area contributed by atoms with Crippen molar-refractivity contribution >= 4 is 59.2 Å². The molecule has 0 saturated heterocycles. The molecule has 0 spiro atoms. The van der Waals surface area contributed by atoms with Crippen LogP contribution in [-0.2, 0) is 42.2 Å². The molecule has 3 aromatic heterocycles. The van der Waals surface area contributed by atoms with Crippen molar-refractivity contribution in [3.05, 3.63) is 282 Å². The molecule has 0 atom stereocenters. The number of aromatic carboxylic acids is 5. The number of hydrogen-bond donors (Lipinski definition) is 2. The quantitative estimate of drug-likeness (QED) is 0.0322. The Hall–Kier alpha value is 1.44. The van der Waals surface area contributed by atoms with Crippen LogP contribution in [0.2, 0.25) is 0 Å². The number of unbranched alkanes of at least 4 members (excludes halogenated alkanes) is 9. The van der Waals surface area contributed by atoms with Gasteiger partial charge in [-0.15, -0.1) is 0 Å². The Morgan fingerprint density at radius 1 is 0.463 bits per heavy atom. The van der Waals surface area contributed by atoms with Gasteiger partial charge in [-0.05, 0) is 214 Å². The molecule has 0 fully saturated rings. The fourth-order valence-corrected chi connectivity index (χ4v) is 13.1.